The Morgan fingerprint density at radius 1 is 1.19 bits per heavy atom. The van der Waals surface area contributed by atoms with Gasteiger partial charge in [0.25, 0.3) is 0 Å². The number of esters is 1. The van der Waals surface area contributed by atoms with Gasteiger partial charge in [0, 0.05) is 21.3 Å². The number of hydrogen-bond acceptors (Lipinski definition) is 3. The smallest absolute Gasteiger partial charge is 0.356 e. The summed E-state index contributed by atoms with van der Waals surface area (Å²) in [5.41, 5.74) is 2.66. The van der Waals surface area contributed by atoms with E-state index in [1.165, 1.54) is 12.7 Å². The van der Waals surface area contributed by atoms with Crippen molar-refractivity contribution < 1.29 is 14.3 Å². The number of carbonyl (C=O) groups excluding carboxylic acids is 2. The van der Waals surface area contributed by atoms with Crippen LogP contribution in [0.2, 0.25) is 0 Å². The number of anilines is 1. The summed E-state index contributed by atoms with van der Waals surface area (Å²) in [4.78, 5) is 27.9. The van der Waals surface area contributed by atoms with Crippen molar-refractivity contribution in [2.75, 3.05) is 12.4 Å². The predicted molar refractivity (Wildman–Crippen MR) is 103 cm³/mol. The van der Waals surface area contributed by atoms with Gasteiger partial charge in [-0.2, -0.15) is 0 Å². The van der Waals surface area contributed by atoms with Crippen molar-refractivity contribution in [3.05, 3.63) is 64.3 Å². The molecule has 2 aromatic carbocycles. The standard InChI is InChI=1S/C20H17BrN2O3/c1-26-20(25)18-17(15-9-12(21)7-8-16(15)22-18)23-19(24)14-10-13(14)11-5-3-2-4-6-11/h2-9,13-14,22H,10H2,1H3,(H,23,24). The number of rotatable bonds is 4. The van der Waals surface area contributed by atoms with Crippen LogP contribution in [0.15, 0.2) is 53.0 Å². The summed E-state index contributed by atoms with van der Waals surface area (Å²) in [6.45, 7) is 0. The molecule has 2 atom stereocenters. The molecule has 1 amide bonds. The zero-order valence-corrected chi connectivity index (χ0v) is 15.7. The van der Waals surface area contributed by atoms with Crippen molar-refractivity contribution in [3.8, 4) is 0 Å². The van der Waals surface area contributed by atoms with Gasteiger partial charge in [-0.1, -0.05) is 46.3 Å². The van der Waals surface area contributed by atoms with Gasteiger partial charge in [-0.3, -0.25) is 4.79 Å². The number of nitrogens with one attached hydrogen (secondary N) is 2. The molecule has 1 aliphatic rings. The van der Waals surface area contributed by atoms with Crippen LogP contribution in [0.4, 0.5) is 5.69 Å². The van der Waals surface area contributed by atoms with Gasteiger partial charge in [-0.05, 0) is 36.1 Å². The molecule has 2 unspecified atom stereocenters. The summed E-state index contributed by atoms with van der Waals surface area (Å²) in [7, 11) is 1.32. The molecule has 1 saturated carbocycles. The molecule has 0 radical (unpaired) electrons. The quantitative estimate of drug-likeness (QED) is 0.621. The molecule has 26 heavy (non-hydrogen) atoms. The highest BCUT2D eigenvalue weighted by Crippen LogP contribution is 2.48. The average molecular weight is 413 g/mol. The van der Waals surface area contributed by atoms with Crippen LogP contribution in [-0.2, 0) is 9.53 Å². The van der Waals surface area contributed by atoms with Gasteiger partial charge in [-0.25, -0.2) is 4.79 Å². The Labute approximate surface area is 158 Å². The van der Waals surface area contributed by atoms with Gasteiger partial charge in [0.05, 0.1) is 12.8 Å². The maximum atomic E-state index is 12.8. The number of fused-ring (bicyclic) bond motifs is 1. The number of ether oxygens (including phenoxy) is 1. The lowest BCUT2D eigenvalue weighted by Gasteiger charge is -2.07. The van der Waals surface area contributed by atoms with Crippen LogP contribution in [0.3, 0.4) is 0 Å². The number of methoxy groups -OCH3 is 1. The van der Waals surface area contributed by atoms with E-state index in [9.17, 15) is 9.59 Å². The van der Waals surface area contributed by atoms with Crippen molar-refractivity contribution in [3.63, 3.8) is 0 Å². The van der Waals surface area contributed by atoms with E-state index in [0.717, 1.165) is 21.8 Å². The van der Waals surface area contributed by atoms with E-state index in [-0.39, 0.29) is 23.4 Å². The highest BCUT2D eigenvalue weighted by molar-refractivity contribution is 9.10. The summed E-state index contributed by atoms with van der Waals surface area (Å²) in [5, 5.41) is 3.71. The number of aromatic nitrogens is 1. The monoisotopic (exact) mass is 412 g/mol. The highest BCUT2D eigenvalue weighted by atomic mass is 79.9. The van der Waals surface area contributed by atoms with Crippen molar-refractivity contribution in [1.82, 2.24) is 4.98 Å². The lowest BCUT2D eigenvalue weighted by molar-refractivity contribution is -0.117. The summed E-state index contributed by atoms with van der Waals surface area (Å²) in [6, 6.07) is 15.6. The molecule has 1 aromatic heterocycles. The molecule has 1 aliphatic carbocycles. The van der Waals surface area contributed by atoms with E-state index in [1.807, 2.05) is 48.5 Å². The van der Waals surface area contributed by atoms with E-state index < -0.39 is 5.97 Å². The molecular formula is C20H17BrN2O3. The second-order valence-corrected chi connectivity index (χ2v) is 7.32. The van der Waals surface area contributed by atoms with E-state index >= 15 is 0 Å². The Bertz CT molecular complexity index is 997. The normalized spacial score (nSPS) is 18.5. The topological polar surface area (TPSA) is 71.2 Å². The third-order valence-electron chi connectivity index (χ3n) is 4.75. The van der Waals surface area contributed by atoms with E-state index in [2.05, 4.69) is 26.2 Å². The Morgan fingerprint density at radius 3 is 2.69 bits per heavy atom. The third kappa shape index (κ3) is 3.01. The minimum absolute atomic E-state index is 0.0788. The molecule has 0 saturated heterocycles. The summed E-state index contributed by atoms with van der Waals surface area (Å²) < 4.78 is 5.72. The zero-order chi connectivity index (χ0) is 18.3. The Kier molecular flexibility index (Phi) is 4.28. The Morgan fingerprint density at radius 2 is 1.96 bits per heavy atom. The van der Waals surface area contributed by atoms with Crippen LogP contribution in [0.1, 0.15) is 28.4 Å². The second kappa shape index (κ2) is 6.61. The first-order chi connectivity index (χ1) is 12.6. The Hall–Kier alpha value is -2.60. The fourth-order valence-electron chi connectivity index (χ4n) is 3.32. The van der Waals surface area contributed by atoms with Gasteiger partial charge in [0.1, 0.15) is 5.69 Å². The predicted octanol–water partition coefficient (Wildman–Crippen LogP) is 4.46. The van der Waals surface area contributed by atoms with Gasteiger partial charge < -0.3 is 15.0 Å². The minimum atomic E-state index is -0.511. The zero-order valence-electron chi connectivity index (χ0n) is 14.1. The van der Waals surface area contributed by atoms with E-state index in [4.69, 9.17) is 4.74 Å². The SMILES string of the molecule is COC(=O)c1[nH]c2ccc(Br)cc2c1NC(=O)C1CC1c1ccccc1. The Balaban J connectivity index is 1.63. The number of hydrogen-bond donors (Lipinski definition) is 2. The largest absolute Gasteiger partial charge is 0.464 e. The molecule has 1 fully saturated rings. The summed E-state index contributed by atoms with van der Waals surface area (Å²) in [5.74, 6) is -0.442. The first-order valence-corrected chi connectivity index (χ1v) is 9.13. The summed E-state index contributed by atoms with van der Waals surface area (Å²) >= 11 is 3.43. The van der Waals surface area contributed by atoms with Crippen LogP contribution in [0, 0.1) is 5.92 Å². The van der Waals surface area contributed by atoms with Crippen LogP contribution in [0.25, 0.3) is 10.9 Å². The fraction of sp³-hybridized carbons (Fsp3) is 0.200. The first-order valence-electron chi connectivity index (χ1n) is 8.34. The van der Waals surface area contributed by atoms with E-state index in [0.29, 0.717) is 5.69 Å². The number of amides is 1. The van der Waals surface area contributed by atoms with Crippen molar-refractivity contribution in [1.29, 1.82) is 0 Å². The number of carbonyl (C=O) groups is 2. The third-order valence-corrected chi connectivity index (χ3v) is 5.25. The number of halogens is 1. The maximum Gasteiger partial charge on any atom is 0.356 e. The molecule has 0 spiro atoms. The van der Waals surface area contributed by atoms with Gasteiger partial charge >= 0.3 is 5.97 Å². The molecule has 5 nitrogen and oxygen atoms in total. The molecule has 3 aromatic rings. The molecule has 0 bridgehead atoms. The molecule has 1 heterocycles. The first kappa shape index (κ1) is 16.8. The molecule has 2 N–H and O–H groups in total. The van der Waals surface area contributed by atoms with Crippen LogP contribution in [-0.4, -0.2) is 24.0 Å². The second-order valence-electron chi connectivity index (χ2n) is 6.41. The van der Waals surface area contributed by atoms with Crippen molar-refractivity contribution in [2.45, 2.75) is 12.3 Å². The number of H-pyrrole nitrogens is 1. The minimum Gasteiger partial charge on any atom is -0.464 e. The van der Waals surface area contributed by atoms with Crippen molar-refractivity contribution >= 4 is 44.4 Å². The van der Waals surface area contributed by atoms with Crippen molar-refractivity contribution in [2.24, 2.45) is 5.92 Å². The molecule has 0 aliphatic heterocycles. The molecule has 6 heteroatoms. The van der Waals surface area contributed by atoms with E-state index in [1.54, 1.807) is 0 Å². The maximum absolute atomic E-state index is 12.8. The average Bonchev–Trinajstić information content (AvgIpc) is 3.40. The molecule has 132 valence electrons. The summed E-state index contributed by atoms with van der Waals surface area (Å²) in [6.07, 6.45) is 0.815. The number of benzene rings is 2. The highest BCUT2D eigenvalue weighted by Gasteiger charge is 2.44. The van der Waals surface area contributed by atoms with Crippen LogP contribution < -0.4 is 5.32 Å². The van der Waals surface area contributed by atoms with Gasteiger partial charge in [0.2, 0.25) is 5.91 Å². The lowest BCUT2D eigenvalue weighted by atomic mass is 10.1. The van der Waals surface area contributed by atoms with Gasteiger partial charge in [0.15, 0.2) is 0 Å². The van der Waals surface area contributed by atoms with Crippen LogP contribution in [0.5, 0.6) is 0 Å². The number of aromatic amines is 1. The molecule has 4 rings (SSSR count). The lowest BCUT2D eigenvalue weighted by Crippen LogP contribution is -2.17. The fourth-order valence-corrected chi connectivity index (χ4v) is 3.68. The molecular weight excluding hydrogens is 396 g/mol. The van der Waals surface area contributed by atoms with Crippen LogP contribution >= 0.6 is 15.9 Å². The van der Waals surface area contributed by atoms with Gasteiger partial charge in [-0.15, -0.1) is 0 Å².